The average Bonchev–Trinajstić information content (AvgIpc) is 2.53. The molecular weight excluding hydrogens is 304 g/mol. The van der Waals surface area contributed by atoms with Gasteiger partial charge < -0.3 is 10.0 Å². The van der Waals surface area contributed by atoms with Gasteiger partial charge in [0.1, 0.15) is 5.75 Å². The Morgan fingerprint density at radius 3 is 2.73 bits per heavy atom. The minimum absolute atomic E-state index is 0.129. The van der Waals surface area contributed by atoms with Crippen LogP contribution in [0.4, 0.5) is 5.69 Å². The zero-order valence-electron chi connectivity index (χ0n) is 12.9. The highest BCUT2D eigenvalue weighted by Gasteiger charge is 2.25. The number of sulfone groups is 1. The molecule has 1 aliphatic rings. The maximum absolute atomic E-state index is 11.8. The number of likely N-dealkylation sites (N-methyl/N-ethyl adjacent to an activating group) is 1. The zero-order valence-corrected chi connectivity index (χ0v) is 13.7. The maximum Gasteiger partial charge on any atom is 0.318 e. The third kappa shape index (κ3) is 4.20. The van der Waals surface area contributed by atoms with Crippen LogP contribution in [0.15, 0.2) is 24.3 Å². The topological polar surface area (TPSA) is 77.9 Å². The maximum atomic E-state index is 11.8. The number of hydrogen-bond acceptors (Lipinski definition) is 5. The molecule has 0 fully saturated rings. The summed E-state index contributed by atoms with van der Waals surface area (Å²) < 4.78 is 23.5. The molecule has 1 aromatic rings. The van der Waals surface area contributed by atoms with Crippen LogP contribution < -0.4 is 4.90 Å². The van der Waals surface area contributed by atoms with Gasteiger partial charge in [0, 0.05) is 38.4 Å². The first-order valence-corrected chi connectivity index (χ1v) is 9.06. The molecule has 0 spiro atoms. The number of hydrogen-bond donors (Lipinski definition) is 1. The number of fused-ring (bicyclic) bond motifs is 1. The Kier molecular flexibility index (Phi) is 5.08. The molecule has 0 bridgehead atoms. The standard InChI is InChI=1S/C15H22N2O4S/c1-12-9-16(2)14-6-4-3-5-13(14)10-17(12)7-8-22(20,21)11-15(18)19/h3-6,12H,7-11H2,1-2H3,(H,18,19). The first-order valence-electron chi connectivity index (χ1n) is 7.24. The van der Waals surface area contributed by atoms with Crippen molar-refractivity contribution in [2.24, 2.45) is 0 Å². The van der Waals surface area contributed by atoms with E-state index in [1.807, 2.05) is 25.2 Å². The summed E-state index contributed by atoms with van der Waals surface area (Å²) >= 11 is 0. The lowest BCUT2D eigenvalue weighted by Crippen LogP contribution is -2.40. The van der Waals surface area contributed by atoms with Crippen molar-refractivity contribution in [2.75, 3.05) is 36.5 Å². The Hall–Kier alpha value is -1.60. The Morgan fingerprint density at radius 1 is 1.36 bits per heavy atom. The van der Waals surface area contributed by atoms with Crippen molar-refractivity contribution in [2.45, 2.75) is 19.5 Å². The number of carboxylic acids is 1. The largest absolute Gasteiger partial charge is 0.480 e. The molecule has 0 aromatic heterocycles. The van der Waals surface area contributed by atoms with Gasteiger partial charge in [-0.2, -0.15) is 0 Å². The van der Waals surface area contributed by atoms with Crippen molar-refractivity contribution >= 4 is 21.5 Å². The van der Waals surface area contributed by atoms with Crippen LogP contribution in [0.2, 0.25) is 0 Å². The van der Waals surface area contributed by atoms with E-state index in [1.165, 1.54) is 0 Å². The molecule has 122 valence electrons. The van der Waals surface area contributed by atoms with Crippen LogP contribution in [-0.4, -0.2) is 62.1 Å². The molecule has 0 amide bonds. The first kappa shape index (κ1) is 16.8. The Balaban J connectivity index is 2.10. The third-order valence-electron chi connectivity index (χ3n) is 3.97. The van der Waals surface area contributed by atoms with E-state index in [-0.39, 0.29) is 11.8 Å². The zero-order chi connectivity index (χ0) is 16.3. The third-order valence-corrected chi connectivity index (χ3v) is 5.46. The van der Waals surface area contributed by atoms with Gasteiger partial charge >= 0.3 is 5.97 Å². The van der Waals surface area contributed by atoms with Gasteiger partial charge in [-0.3, -0.25) is 9.69 Å². The van der Waals surface area contributed by atoms with Gasteiger partial charge in [-0.25, -0.2) is 8.42 Å². The summed E-state index contributed by atoms with van der Waals surface area (Å²) in [5, 5.41) is 8.65. The lowest BCUT2D eigenvalue weighted by atomic mass is 10.1. The highest BCUT2D eigenvalue weighted by atomic mass is 32.2. The quantitative estimate of drug-likeness (QED) is 0.863. The van der Waals surface area contributed by atoms with Gasteiger partial charge in [0.2, 0.25) is 0 Å². The van der Waals surface area contributed by atoms with Gasteiger partial charge in [0.25, 0.3) is 0 Å². The first-order chi connectivity index (χ1) is 10.3. The van der Waals surface area contributed by atoms with Gasteiger partial charge in [0.05, 0.1) is 5.75 Å². The summed E-state index contributed by atoms with van der Waals surface area (Å²) in [6.07, 6.45) is 0. The number of rotatable bonds is 5. The number of anilines is 1. The molecule has 0 radical (unpaired) electrons. The fraction of sp³-hybridized carbons (Fsp3) is 0.533. The molecule has 1 N–H and O–H groups in total. The fourth-order valence-corrected chi connectivity index (χ4v) is 3.85. The summed E-state index contributed by atoms with van der Waals surface area (Å²) in [6.45, 7) is 3.88. The van der Waals surface area contributed by atoms with Crippen molar-refractivity contribution < 1.29 is 18.3 Å². The molecule has 1 aliphatic heterocycles. The van der Waals surface area contributed by atoms with E-state index in [2.05, 4.69) is 22.8 Å². The number of carboxylic acid groups (broad SMARTS) is 1. The fourth-order valence-electron chi connectivity index (χ4n) is 2.82. The van der Waals surface area contributed by atoms with Crippen LogP contribution >= 0.6 is 0 Å². The second kappa shape index (κ2) is 6.66. The SMILES string of the molecule is CC1CN(C)c2ccccc2CN1CCS(=O)(=O)CC(=O)O. The van der Waals surface area contributed by atoms with E-state index in [0.29, 0.717) is 13.1 Å². The summed E-state index contributed by atoms with van der Waals surface area (Å²) in [5.41, 5.74) is 2.32. The van der Waals surface area contributed by atoms with Gasteiger partial charge in [-0.05, 0) is 18.6 Å². The molecule has 0 saturated carbocycles. The van der Waals surface area contributed by atoms with E-state index in [4.69, 9.17) is 5.11 Å². The van der Waals surface area contributed by atoms with Crippen LogP contribution in [-0.2, 0) is 21.2 Å². The smallest absolute Gasteiger partial charge is 0.318 e. The molecule has 0 aliphatic carbocycles. The predicted molar refractivity (Wildman–Crippen MR) is 85.9 cm³/mol. The predicted octanol–water partition coefficient (Wildman–Crippen LogP) is 0.826. The molecular formula is C15H22N2O4S. The van der Waals surface area contributed by atoms with Gasteiger partial charge in [-0.1, -0.05) is 18.2 Å². The molecule has 2 rings (SSSR count). The number of para-hydroxylation sites is 1. The molecule has 7 heteroatoms. The molecule has 6 nitrogen and oxygen atoms in total. The van der Waals surface area contributed by atoms with Crippen LogP contribution in [0.1, 0.15) is 12.5 Å². The summed E-state index contributed by atoms with van der Waals surface area (Å²) in [6, 6.07) is 8.27. The second-order valence-corrected chi connectivity index (χ2v) is 8.00. The van der Waals surface area contributed by atoms with Crippen LogP contribution in [0.25, 0.3) is 0 Å². The highest BCUT2D eigenvalue weighted by molar-refractivity contribution is 7.92. The highest BCUT2D eigenvalue weighted by Crippen LogP contribution is 2.25. The molecule has 1 atom stereocenters. The van der Waals surface area contributed by atoms with E-state index in [1.54, 1.807) is 0 Å². The molecule has 22 heavy (non-hydrogen) atoms. The minimum Gasteiger partial charge on any atom is -0.480 e. The van der Waals surface area contributed by atoms with E-state index in [0.717, 1.165) is 17.8 Å². The summed E-state index contributed by atoms with van der Waals surface area (Å²) in [4.78, 5) is 14.9. The van der Waals surface area contributed by atoms with Crippen LogP contribution in [0.3, 0.4) is 0 Å². The van der Waals surface area contributed by atoms with E-state index in [9.17, 15) is 13.2 Å². The second-order valence-electron chi connectivity index (χ2n) is 5.81. The number of aliphatic carboxylic acids is 1. The summed E-state index contributed by atoms with van der Waals surface area (Å²) in [5.74, 6) is -2.23. The average molecular weight is 326 g/mol. The van der Waals surface area contributed by atoms with E-state index >= 15 is 0 Å². The molecule has 1 heterocycles. The Morgan fingerprint density at radius 2 is 2.05 bits per heavy atom. The molecule has 1 unspecified atom stereocenters. The minimum atomic E-state index is -3.56. The van der Waals surface area contributed by atoms with Crippen molar-refractivity contribution in [3.8, 4) is 0 Å². The lowest BCUT2D eigenvalue weighted by molar-refractivity contribution is -0.134. The monoisotopic (exact) mass is 326 g/mol. The molecule has 0 saturated heterocycles. The number of benzene rings is 1. The van der Waals surface area contributed by atoms with E-state index < -0.39 is 21.6 Å². The summed E-state index contributed by atoms with van der Waals surface area (Å²) in [7, 11) is -1.53. The lowest BCUT2D eigenvalue weighted by Gasteiger charge is -2.28. The molecule has 1 aromatic carbocycles. The number of carbonyl (C=O) groups is 1. The normalized spacial score (nSPS) is 19.5. The number of nitrogens with zero attached hydrogens (tertiary/aromatic N) is 2. The van der Waals surface area contributed by atoms with Gasteiger partial charge in [0.15, 0.2) is 9.84 Å². The van der Waals surface area contributed by atoms with Crippen molar-refractivity contribution in [3.63, 3.8) is 0 Å². The van der Waals surface area contributed by atoms with Crippen molar-refractivity contribution in [1.29, 1.82) is 0 Å². The Bertz CT molecular complexity index is 645. The van der Waals surface area contributed by atoms with Gasteiger partial charge in [-0.15, -0.1) is 0 Å². The Labute approximate surface area is 131 Å². The van der Waals surface area contributed by atoms with Crippen molar-refractivity contribution in [3.05, 3.63) is 29.8 Å². The van der Waals surface area contributed by atoms with Crippen molar-refractivity contribution in [1.82, 2.24) is 4.90 Å². The van der Waals surface area contributed by atoms with Crippen LogP contribution in [0, 0.1) is 0 Å². The van der Waals surface area contributed by atoms with Crippen LogP contribution in [0.5, 0.6) is 0 Å².